The van der Waals surface area contributed by atoms with Crippen LogP contribution in [-0.2, 0) is 16.5 Å². The molecule has 0 saturated heterocycles. The van der Waals surface area contributed by atoms with Crippen LogP contribution in [0.1, 0.15) is 51.0 Å². The minimum absolute atomic E-state index is 0. The minimum Gasteiger partial charge on any atom is -0.872 e. The van der Waals surface area contributed by atoms with Crippen LogP contribution < -0.4 is 39.4 Å². The molecule has 0 aliphatic rings. The van der Waals surface area contributed by atoms with Gasteiger partial charge in [0.2, 0.25) is 0 Å². The first-order valence-electron chi connectivity index (χ1n) is 8.96. The molecule has 2 aromatic carbocycles. The van der Waals surface area contributed by atoms with E-state index >= 15 is 0 Å². The van der Waals surface area contributed by atoms with Gasteiger partial charge in [-0.05, 0) is 36.6 Å². The Hall–Kier alpha value is -1.05. The van der Waals surface area contributed by atoms with Crippen molar-refractivity contribution in [3.05, 3.63) is 48.0 Å². The molecule has 0 fully saturated rings. The predicted molar refractivity (Wildman–Crippen MR) is 99.3 cm³/mol. The summed E-state index contributed by atoms with van der Waals surface area (Å²) in [7, 11) is -4.41. The van der Waals surface area contributed by atoms with E-state index < -0.39 is 10.1 Å². The fraction of sp³-hybridized carbons (Fsp3) is 0.400. The Morgan fingerprint density at radius 3 is 2.22 bits per heavy atom. The van der Waals surface area contributed by atoms with Gasteiger partial charge in [0.15, 0.2) is 5.75 Å². The zero-order chi connectivity index (χ0) is 19.0. The van der Waals surface area contributed by atoms with Crippen molar-refractivity contribution in [3.8, 4) is 17.2 Å². The first-order valence-corrected chi connectivity index (χ1v) is 10.4. The number of aryl methyl sites for hydroxylation is 1. The van der Waals surface area contributed by atoms with E-state index in [0.29, 0.717) is 12.2 Å². The molecule has 0 amide bonds. The molecule has 0 aromatic heterocycles. The van der Waals surface area contributed by atoms with Gasteiger partial charge in [-0.25, -0.2) is 0 Å². The van der Waals surface area contributed by atoms with Gasteiger partial charge in [0.1, 0.15) is 10.6 Å². The van der Waals surface area contributed by atoms with E-state index in [4.69, 9.17) is 4.74 Å². The molecular formula is C20H25NaO5S. The summed E-state index contributed by atoms with van der Waals surface area (Å²) >= 11 is 0. The summed E-state index contributed by atoms with van der Waals surface area (Å²) in [6, 6.07) is 10.4. The zero-order valence-corrected chi connectivity index (χ0v) is 18.8. The van der Waals surface area contributed by atoms with E-state index in [2.05, 4.69) is 6.92 Å². The van der Waals surface area contributed by atoms with Gasteiger partial charge in [-0.15, -0.1) is 5.75 Å². The SMILES string of the molecule is CCCCCCCCc1cccc(S(=O)(=O)O)c1Oc1ccc([O-])cc1.[Na+]. The van der Waals surface area contributed by atoms with E-state index in [1.165, 1.54) is 49.6 Å². The average molecular weight is 400 g/mol. The van der Waals surface area contributed by atoms with Crippen molar-refractivity contribution in [3.63, 3.8) is 0 Å². The summed E-state index contributed by atoms with van der Waals surface area (Å²) < 4.78 is 38.7. The van der Waals surface area contributed by atoms with Crippen molar-refractivity contribution >= 4 is 10.1 Å². The molecule has 0 aliphatic carbocycles. The number of ether oxygens (including phenoxy) is 1. The topological polar surface area (TPSA) is 86.7 Å². The van der Waals surface area contributed by atoms with Crippen LogP contribution in [0.2, 0.25) is 0 Å². The third-order valence-corrected chi connectivity index (χ3v) is 5.06. The summed E-state index contributed by atoms with van der Waals surface area (Å²) in [6.07, 6.45) is 7.39. The van der Waals surface area contributed by atoms with E-state index in [-0.39, 0.29) is 46.0 Å². The van der Waals surface area contributed by atoms with Gasteiger partial charge in [-0.2, -0.15) is 8.42 Å². The summed E-state index contributed by atoms with van der Waals surface area (Å²) in [6.45, 7) is 2.17. The zero-order valence-electron chi connectivity index (χ0n) is 16.0. The van der Waals surface area contributed by atoms with Crippen LogP contribution in [0.25, 0.3) is 0 Å². The molecule has 5 nitrogen and oxygen atoms in total. The van der Waals surface area contributed by atoms with E-state index in [9.17, 15) is 18.1 Å². The molecule has 2 rings (SSSR count). The van der Waals surface area contributed by atoms with Gasteiger partial charge >= 0.3 is 29.6 Å². The van der Waals surface area contributed by atoms with Crippen LogP contribution in [0.15, 0.2) is 47.4 Å². The number of benzene rings is 2. The second-order valence-electron chi connectivity index (χ2n) is 6.31. The molecule has 7 heteroatoms. The normalized spacial score (nSPS) is 11.0. The van der Waals surface area contributed by atoms with Crippen LogP contribution >= 0.6 is 0 Å². The van der Waals surface area contributed by atoms with E-state index in [1.807, 2.05) is 0 Å². The molecule has 0 radical (unpaired) electrons. The molecule has 2 aromatic rings. The standard InChI is InChI=1S/C20H26O5S.Na/c1-2-3-4-5-6-7-9-16-10-8-11-19(26(22,23)24)20(16)25-18-14-12-17(21)13-15-18;/h8,10-15,21H,2-7,9H2,1H3,(H,22,23,24);/q;+1/p-1. The molecule has 0 spiro atoms. The number of rotatable bonds is 10. The third-order valence-electron chi connectivity index (χ3n) is 4.18. The molecule has 1 N–H and O–H groups in total. The molecule has 0 unspecified atom stereocenters. The van der Waals surface area contributed by atoms with Crippen molar-refractivity contribution in [2.75, 3.05) is 0 Å². The number of para-hydroxylation sites is 1. The Kier molecular flexibility index (Phi) is 10.4. The fourth-order valence-electron chi connectivity index (χ4n) is 2.80. The van der Waals surface area contributed by atoms with Crippen LogP contribution in [0.3, 0.4) is 0 Å². The predicted octanol–water partition coefficient (Wildman–Crippen LogP) is 1.71. The van der Waals surface area contributed by atoms with E-state index in [0.717, 1.165) is 24.8 Å². The summed E-state index contributed by atoms with van der Waals surface area (Å²) in [5.41, 5.74) is 0.724. The van der Waals surface area contributed by atoms with Gasteiger partial charge in [0.05, 0.1) is 0 Å². The minimum atomic E-state index is -4.41. The summed E-state index contributed by atoms with van der Waals surface area (Å²) in [5.74, 6) is 0.319. The smallest absolute Gasteiger partial charge is 0.872 e. The van der Waals surface area contributed by atoms with Crippen molar-refractivity contribution in [1.82, 2.24) is 0 Å². The molecule has 0 aliphatic heterocycles. The Bertz CT molecular complexity index is 804. The van der Waals surface area contributed by atoms with Gasteiger partial charge in [0, 0.05) is 0 Å². The van der Waals surface area contributed by atoms with Crippen molar-refractivity contribution < 1.29 is 52.4 Å². The molecule has 27 heavy (non-hydrogen) atoms. The summed E-state index contributed by atoms with van der Waals surface area (Å²) in [5, 5.41) is 11.2. The maximum atomic E-state index is 11.7. The van der Waals surface area contributed by atoms with Gasteiger partial charge < -0.3 is 9.84 Å². The number of hydrogen-bond donors (Lipinski definition) is 1. The van der Waals surface area contributed by atoms with Crippen LogP contribution in [0.4, 0.5) is 0 Å². The van der Waals surface area contributed by atoms with Gasteiger partial charge in [-0.3, -0.25) is 4.55 Å². The number of unbranched alkanes of at least 4 members (excludes halogenated alkanes) is 5. The van der Waals surface area contributed by atoms with Crippen LogP contribution in [0.5, 0.6) is 17.2 Å². The molecule has 0 atom stereocenters. The van der Waals surface area contributed by atoms with Crippen molar-refractivity contribution in [2.45, 2.75) is 56.8 Å². The number of hydrogen-bond acceptors (Lipinski definition) is 4. The molecular weight excluding hydrogens is 375 g/mol. The Labute approximate surface area is 183 Å². The Morgan fingerprint density at radius 2 is 1.59 bits per heavy atom. The van der Waals surface area contributed by atoms with Crippen LogP contribution in [-0.4, -0.2) is 13.0 Å². The molecule has 0 heterocycles. The van der Waals surface area contributed by atoms with Crippen molar-refractivity contribution in [2.24, 2.45) is 0 Å². The first-order chi connectivity index (χ1) is 12.4. The van der Waals surface area contributed by atoms with Gasteiger partial charge in [-0.1, -0.05) is 63.3 Å². The molecule has 142 valence electrons. The second kappa shape index (κ2) is 11.7. The largest absolute Gasteiger partial charge is 1.00 e. The van der Waals surface area contributed by atoms with E-state index in [1.54, 1.807) is 12.1 Å². The second-order valence-corrected chi connectivity index (χ2v) is 7.70. The third kappa shape index (κ3) is 7.84. The Balaban J connectivity index is 0.00000364. The fourth-order valence-corrected chi connectivity index (χ4v) is 3.46. The summed E-state index contributed by atoms with van der Waals surface area (Å²) in [4.78, 5) is -0.257. The Morgan fingerprint density at radius 1 is 0.963 bits per heavy atom. The average Bonchev–Trinajstić information content (AvgIpc) is 2.60. The van der Waals surface area contributed by atoms with Gasteiger partial charge in [0.25, 0.3) is 10.1 Å². The van der Waals surface area contributed by atoms with Crippen LogP contribution in [0, 0.1) is 0 Å². The maximum absolute atomic E-state index is 11.7. The quantitative estimate of drug-likeness (QED) is 0.373. The monoisotopic (exact) mass is 400 g/mol. The first kappa shape index (κ1) is 24.0. The molecule has 0 saturated carbocycles. The molecule has 0 bridgehead atoms. The van der Waals surface area contributed by atoms with Crippen molar-refractivity contribution in [1.29, 1.82) is 0 Å². The maximum Gasteiger partial charge on any atom is 1.00 e.